The summed E-state index contributed by atoms with van der Waals surface area (Å²) < 4.78 is 13.7. The maximum atomic E-state index is 12.4. The first kappa shape index (κ1) is 15.8. The van der Waals surface area contributed by atoms with E-state index in [1.54, 1.807) is 29.9 Å². The van der Waals surface area contributed by atoms with Crippen LogP contribution in [0.5, 0.6) is 0 Å². The fraction of sp³-hybridized carbons (Fsp3) is 0.167. The van der Waals surface area contributed by atoms with Crippen molar-refractivity contribution in [2.75, 3.05) is 6.61 Å². The van der Waals surface area contributed by atoms with Crippen molar-refractivity contribution >= 4 is 38.5 Å². The first-order valence-corrected chi connectivity index (χ1v) is 8.56. The fourth-order valence-corrected chi connectivity index (χ4v) is 3.12. The molecule has 0 aliphatic rings. The average Bonchev–Trinajstić information content (AvgIpc) is 3.13. The van der Waals surface area contributed by atoms with Gasteiger partial charge in [-0.15, -0.1) is 0 Å². The molecule has 0 amide bonds. The molecule has 0 fully saturated rings. The zero-order valence-corrected chi connectivity index (χ0v) is 15.0. The van der Waals surface area contributed by atoms with E-state index in [0.717, 1.165) is 21.2 Å². The molecule has 0 radical (unpaired) electrons. The van der Waals surface area contributed by atoms with Gasteiger partial charge >= 0.3 is 5.97 Å². The molecule has 126 valence electrons. The third-order valence-electron chi connectivity index (χ3n) is 3.89. The van der Waals surface area contributed by atoms with Crippen LogP contribution in [0.15, 0.2) is 51.6 Å². The monoisotopic (exact) mass is 399 g/mol. The molecule has 7 heteroatoms. The lowest BCUT2D eigenvalue weighted by molar-refractivity contribution is 0.0506. The van der Waals surface area contributed by atoms with Crippen molar-refractivity contribution < 1.29 is 13.9 Å². The van der Waals surface area contributed by atoms with Crippen LogP contribution in [0.1, 0.15) is 21.8 Å². The van der Waals surface area contributed by atoms with Gasteiger partial charge in [0.25, 0.3) is 0 Å². The molecule has 4 rings (SSSR count). The van der Waals surface area contributed by atoms with Crippen LogP contribution in [-0.4, -0.2) is 27.2 Å². The number of hydrogen-bond acceptors (Lipinski definition) is 5. The van der Waals surface area contributed by atoms with Crippen LogP contribution in [0.4, 0.5) is 0 Å². The minimum absolute atomic E-state index is 0.226. The van der Waals surface area contributed by atoms with Crippen molar-refractivity contribution in [2.45, 2.75) is 13.3 Å². The van der Waals surface area contributed by atoms with Crippen LogP contribution in [-0.2, 0) is 11.2 Å². The molecular weight excluding hydrogens is 386 g/mol. The molecule has 3 aromatic heterocycles. The Morgan fingerprint density at radius 1 is 1.36 bits per heavy atom. The number of fused-ring (bicyclic) bond motifs is 2. The highest BCUT2D eigenvalue weighted by Gasteiger charge is 2.19. The largest absolute Gasteiger partial charge is 0.461 e. The molecule has 0 saturated heterocycles. The Balaban J connectivity index is 1.47. The first-order chi connectivity index (χ1) is 12.1. The Hall–Kier alpha value is -2.67. The molecule has 25 heavy (non-hydrogen) atoms. The first-order valence-electron chi connectivity index (χ1n) is 7.77. The number of furan rings is 1. The van der Waals surface area contributed by atoms with E-state index in [9.17, 15) is 4.79 Å². The Morgan fingerprint density at radius 3 is 3.12 bits per heavy atom. The van der Waals surface area contributed by atoms with Gasteiger partial charge in [0.1, 0.15) is 16.9 Å². The number of rotatable bonds is 4. The van der Waals surface area contributed by atoms with Crippen LogP contribution < -0.4 is 0 Å². The predicted molar refractivity (Wildman–Crippen MR) is 95.6 cm³/mol. The Labute approximate surface area is 151 Å². The second-order valence-electron chi connectivity index (χ2n) is 5.63. The summed E-state index contributed by atoms with van der Waals surface area (Å²) in [6.07, 6.45) is 3.88. The molecule has 0 spiro atoms. The summed E-state index contributed by atoms with van der Waals surface area (Å²) in [6.45, 7) is 1.99. The van der Waals surface area contributed by atoms with E-state index >= 15 is 0 Å². The van der Waals surface area contributed by atoms with Gasteiger partial charge in [0.15, 0.2) is 5.65 Å². The summed E-state index contributed by atoms with van der Waals surface area (Å²) in [4.78, 5) is 16.6. The molecule has 1 aromatic carbocycles. The number of esters is 1. The second-order valence-corrected chi connectivity index (χ2v) is 6.54. The van der Waals surface area contributed by atoms with E-state index in [1.807, 2.05) is 24.3 Å². The average molecular weight is 400 g/mol. The van der Waals surface area contributed by atoms with E-state index in [2.05, 4.69) is 26.0 Å². The fourth-order valence-electron chi connectivity index (χ4n) is 2.74. The topological polar surface area (TPSA) is 69.6 Å². The molecule has 0 N–H and O–H groups in total. The van der Waals surface area contributed by atoms with Crippen LogP contribution in [0, 0.1) is 6.92 Å². The number of aromatic nitrogens is 3. The minimum Gasteiger partial charge on any atom is -0.461 e. The zero-order chi connectivity index (χ0) is 17.4. The van der Waals surface area contributed by atoms with E-state index in [0.29, 0.717) is 23.3 Å². The zero-order valence-electron chi connectivity index (χ0n) is 13.4. The normalized spacial score (nSPS) is 11.3. The number of benzene rings is 1. The molecule has 0 aliphatic carbocycles. The van der Waals surface area contributed by atoms with Crippen LogP contribution >= 0.6 is 15.9 Å². The maximum Gasteiger partial charge on any atom is 0.343 e. The Morgan fingerprint density at radius 2 is 2.24 bits per heavy atom. The summed E-state index contributed by atoms with van der Waals surface area (Å²) in [6, 6.07) is 9.53. The molecule has 0 aliphatic heterocycles. The smallest absolute Gasteiger partial charge is 0.343 e. The highest BCUT2D eigenvalue weighted by Crippen LogP contribution is 2.23. The highest BCUT2D eigenvalue weighted by molar-refractivity contribution is 9.10. The number of carbonyl (C=O) groups is 1. The number of carbonyl (C=O) groups excluding carboxylic acids is 1. The minimum atomic E-state index is -0.426. The number of aryl methyl sites for hydroxylation is 1. The summed E-state index contributed by atoms with van der Waals surface area (Å²) >= 11 is 3.44. The molecule has 0 saturated carbocycles. The highest BCUT2D eigenvalue weighted by atomic mass is 79.9. The van der Waals surface area contributed by atoms with Crippen LogP contribution in [0.3, 0.4) is 0 Å². The maximum absolute atomic E-state index is 12.4. The summed E-state index contributed by atoms with van der Waals surface area (Å²) in [7, 11) is 0. The van der Waals surface area contributed by atoms with Gasteiger partial charge in [-0.05, 0) is 37.3 Å². The predicted octanol–water partition coefficient (Wildman–Crippen LogP) is 3.95. The summed E-state index contributed by atoms with van der Waals surface area (Å²) in [5.74, 6) is 0.348. The van der Waals surface area contributed by atoms with Gasteiger partial charge in [0, 0.05) is 28.7 Å². The molecular formula is C18H14BrN3O3. The van der Waals surface area contributed by atoms with Gasteiger partial charge in [0.05, 0.1) is 12.3 Å². The van der Waals surface area contributed by atoms with Gasteiger partial charge in [-0.1, -0.05) is 15.9 Å². The molecule has 4 aromatic rings. The van der Waals surface area contributed by atoms with Crippen molar-refractivity contribution in [2.24, 2.45) is 0 Å². The van der Waals surface area contributed by atoms with Crippen LogP contribution in [0.2, 0.25) is 0 Å². The van der Waals surface area contributed by atoms with Gasteiger partial charge < -0.3 is 9.15 Å². The molecule has 0 unspecified atom stereocenters. The van der Waals surface area contributed by atoms with Gasteiger partial charge in [0.2, 0.25) is 0 Å². The lowest BCUT2D eigenvalue weighted by Crippen LogP contribution is -2.09. The van der Waals surface area contributed by atoms with E-state index in [1.165, 1.54) is 0 Å². The molecule has 6 nitrogen and oxygen atoms in total. The van der Waals surface area contributed by atoms with Crippen LogP contribution in [0.25, 0.3) is 16.6 Å². The quantitative estimate of drug-likeness (QED) is 0.486. The summed E-state index contributed by atoms with van der Waals surface area (Å²) in [5.41, 5.74) is 2.30. The number of ether oxygens (including phenoxy) is 1. The standard InChI is InChI=1S/C18H14BrN3O3/c1-11-16(17-20-6-2-7-22(17)21-11)18(23)24-8-5-14-10-12-9-13(19)3-4-15(12)25-14/h2-4,6-7,9-10H,5,8H2,1H3. The lowest BCUT2D eigenvalue weighted by Gasteiger charge is -2.02. The lowest BCUT2D eigenvalue weighted by atomic mass is 10.2. The van der Waals surface area contributed by atoms with Crippen molar-refractivity contribution in [3.63, 3.8) is 0 Å². The molecule has 0 bridgehead atoms. The van der Waals surface area contributed by atoms with Crippen molar-refractivity contribution in [3.8, 4) is 0 Å². The summed E-state index contributed by atoms with van der Waals surface area (Å²) in [5, 5.41) is 5.28. The van der Waals surface area contributed by atoms with E-state index < -0.39 is 5.97 Å². The van der Waals surface area contributed by atoms with Gasteiger partial charge in [-0.3, -0.25) is 0 Å². The number of hydrogen-bond donors (Lipinski definition) is 0. The third kappa shape index (κ3) is 3.02. The van der Waals surface area contributed by atoms with Crippen molar-refractivity contribution in [3.05, 3.63) is 64.2 Å². The van der Waals surface area contributed by atoms with E-state index in [-0.39, 0.29) is 6.61 Å². The third-order valence-corrected chi connectivity index (χ3v) is 4.38. The van der Waals surface area contributed by atoms with Crippen molar-refractivity contribution in [1.82, 2.24) is 14.6 Å². The SMILES string of the molecule is Cc1nn2cccnc2c1C(=O)OCCc1cc2cc(Br)ccc2o1. The Bertz CT molecular complexity index is 1080. The van der Waals surface area contributed by atoms with Crippen molar-refractivity contribution in [1.29, 1.82) is 0 Å². The van der Waals surface area contributed by atoms with E-state index in [4.69, 9.17) is 9.15 Å². The number of nitrogens with zero attached hydrogens (tertiary/aromatic N) is 3. The molecule has 3 heterocycles. The molecule has 0 atom stereocenters. The number of halogens is 1. The van der Waals surface area contributed by atoms with Gasteiger partial charge in [-0.25, -0.2) is 14.3 Å². The van der Waals surface area contributed by atoms with Gasteiger partial charge in [-0.2, -0.15) is 5.10 Å². The second kappa shape index (κ2) is 6.33. The Kier molecular flexibility index (Phi) is 4.01.